The second kappa shape index (κ2) is 12.2. The van der Waals surface area contributed by atoms with Crippen molar-refractivity contribution in [2.24, 2.45) is 10.7 Å². The number of carbonyl (C=O) groups is 2. The van der Waals surface area contributed by atoms with Gasteiger partial charge in [0.15, 0.2) is 0 Å². The number of aromatic carboxylic acids is 1. The van der Waals surface area contributed by atoms with E-state index in [1.807, 2.05) is 31.2 Å². The monoisotopic (exact) mass is 566 g/mol. The lowest BCUT2D eigenvalue weighted by Crippen LogP contribution is -2.39. The first-order valence-corrected chi connectivity index (χ1v) is 13.8. The van der Waals surface area contributed by atoms with E-state index in [2.05, 4.69) is 26.4 Å². The third kappa shape index (κ3) is 5.83. The number of aliphatic imine (C=N–C) groups is 1. The summed E-state index contributed by atoms with van der Waals surface area (Å²) in [5.74, 6) is -0.187. The van der Waals surface area contributed by atoms with Crippen LogP contribution in [-0.2, 0) is 13.0 Å². The van der Waals surface area contributed by atoms with Crippen LogP contribution >= 0.6 is 0 Å². The van der Waals surface area contributed by atoms with E-state index in [0.717, 1.165) is 53.9 Å². The van der Waals surface area contributed by atoms with Crippen molar-refractivity contribution >= 4 is 34.5 Å². The van der Waals surface area contributed by atoms with E-state index in [1.54, 1.807) is 24.3 Å². The number of rotatable bonds is 10. The van der Waals surface area contributed by atoms with Gasteiger partial charge < -0.3 is 30.8 Å². The number of hydrogen-bond donors (Lipinski definition) is 5. The highest BCUT2D eigenvalue weighted by Gasteiger charge is 2.20. The fourth-order valence-electron chi connectivity index (χ4n) is 5.29. The van der Waals surface area contributed by atoms with E-state index in [-0.39, 0.29) is 23.9 Å². The van der Waals surface area contributed by atoms with Gasteiger partial charge >= 0.3 is 5.97 Å². The largest absolute Gasteiger partial charge is 0.497 e. The number of methoxy groups -OCH3 is 1. The SMILES string of the molecule is CCn1cc(Cc2ccc(C(=O)NCC3=NCCCN3)cc2-c2ccc(OC)cc2C(=O)O)c2ccc(C(=N)N)cc21. The summed E-state index contributed by atoms with van der Waals surface area (Å²) >= 11 is 0. The molecule has 42 heavy (non-hydrogen) atoms. The van der Waals surface area contributed by atoms with Crippen LogP contribution in [0.3, 0.4) is 0 Å². The molecule has 216 valence electrons. The number of nitrogens with zero attached hydrogens (tertiary/aromatic N) is 2. The minimum Gasteiger partial charge on any atom is -0.497 e. The number of amidine groups is 2. The molecule has 0 radical (unpaired) electrons. The highest BCUT2D eigenvalue weighted by molar-refractivity contribution is 6.02. The number of carbonyl (C=O) groups excluding carboxylic acids is 1. The molecule has 0 saturated heterocycles. The number of benzene rings is 3. The Morgan fingerprint density at radius 3 is 2.60 bits per heavy atom. The van der Waals surface area contributed by atoms with E-state index in [4.69, 9.17) is 15.9 Å². The fourth-order valence-corrected chi connectivity index (χ4v) is 5.29. The first-order valence-electron chi connectivity index (χ1n) is 13.8. The lowest BCUT2D eigenvalue weighted by Gasteiger charge is -2.17. The Balaban J connectivity index is 1.58. The van der Waals surface area contributed by atoms with Gasteiger partial charge in [0.05, 0.1) is 19.2 Å². The van der Waals surface area contributed by atoms with Crippen molar-refractivity contribution in [3.63, 3.8) is 0 Å². The standard InChI is InChI=1S/C32H34N6O4/c1-3-38-18-22(24-9-7-20(30(33)34)15-28(24)38)13-19-5-6-21(31(39)37-17-29-35-11-4-12-36-29)14-26(19)25-10-8-23(42-2)16-27(25)32(40)41/h5-10,14-16,18H,3-4,11-13,17H2,1-2H3,(H3,33,34)(H,35,36)(H,37,39)(H,40,41). The Hall–Kier alpha value is -5.12. The predicted octanol–water partition coefficient (Wildman–Crippen LogP) is 4.03. The molecule has 1 aliphatic heterocycles. The van der Waals surface area contributed by atoms with E-state index in [0.29, 0.717) is 34.4 Å². The molecule has 6 N–H and O–H groups in total. The summed E-state index contributed by atoms with van der Waals surface area (Å²) in [7, 11) is 1.49. The van der Waals surface area contributed by atoms with Crippen LogP contribution in [0.25, 0.3) is 22.0 Å². The third-order valence-corrected chi connectivity index (χ3v) is 7.50. The van der Waals surface area contributed by atoms with Gasteiger partial charge in [-0.15, -0.1) is 0 Å². The number of hydrogen-bond acceptors (Lipinski definition) is 6. The molecule has 0 saturated carbocycles. The molecule has 1 aromatic heterocycles. The smallest absolute Gasteiger partial charge is 0.336 e. The van der Waals surface area contributed by atoms with E-state index < -0.39 is 5.97 Å². The van der Waals surface area contributed by atoms with Crippen molar-refractivity contribution in [2.75, 3.05) is 26.7 Å². The van der Waals surface area contributed by atoms with E-state index in [9.17, 15) is 14.7 Å². The topological polar surface area (TPSA) is 155 Å². The molecule has 0 bridgehead atoms. The molecule has 0 atom stereocenters. The fraction of sp³-hybridized carbons (Fsp3) is 0.250. The molecule has 0 aliphatic carbocycles. The van der Waals surface area contributed by atoms with Crippen LogP contribution < -0.4 is 21.1 Å². The molecule has 5 rings (SSSR count). The van der Waals surface area contributed by atoms with Crippen molar-refractivity contribution in [3.8, 4) is 16.9 Å². The second-order valence-corrected chi connectivity index (χ2v) is 10.1. The minimum absolute atomic E-state index is 0.00509. The number of carboxylic acids is 1. The number of nitrogens with two attached hydrogens (primary N) is 1. The molecule has 3 aromatic carbocycles. The van der Waals surface area contributed by atoms with Gasteiger partial charge in [-0.3, -0.25) is 15.2 Å². The van der Waals surface area contributed by atoms with Crippen LogP contribution in [0.4, 0.5) is 0 Å². The molecule has 2 heterocycles. The van der Waals surface area contributed by atoms with Gasteiger partial charge in [0, 0.05) is 54.3 Å². The summed E-state index contributed by atoms with van der Waals surface area (Å²) < 4.78 is 7.40. The van der Waals surface area contributed by atoms with Gasteiger partial charge in [-0.2, -0.15) is 0 Å². The molecule has 0 spiro atoms. The predicted molar refractivity (Wildman–Crippen MR) is 164 cm³/mol. The molecule has 0 fully saturated rings. The highest BCUT2D eigenvalue weighted by Crippen LogP contribution is 2.34. The Morgan fingerprint density at radius 1 is 1.10 bits per heavy atom. The van der Waals surface area contributed by atoms with Gasteiger partial charge in [-0.05, 0) is 72.0 Å². The zero-order valence-corrected chi connectivity index (χ0v) is 23.7. The van der Waals surface area contributed by atoms with E-state index >= 15 is 0 Å². The maximum atomic E-state index is 13.2. The molecule has 1 amide bonds. The van der Waals surface area contributed by atoms with Crippen LogP contribution in [0.5, 0.6) is 5.75 Å². The first kappa shape index (κ1) is 28.4. The zero-order valence-electron chi connectivity index (χ0n) is 23.7. The van der Waals surface area contributed by atoms with Crippen LogP contribution in [-0.4, -0.2) is 60.0 Å². The second-order valence-electron chi connectivity index (χ2n) is 10.1. The van der Waals surface area contributed by atoms with Crippen LogP contribution in [0, 0.1) is 5.41 Å². The molecular weight excluding hydrogens is 532 g/mol. The molecule has 10 heteroatoms. The molecule has 10 nitrogen and oxygen atoms in total. The average Bonchev–Trinajstić information content (AvgIpc) is 3.36. The highest BCUT2D eigenvalue weighted by atomic mass is 16.5. The number of aromatic nitrogens is 1. The first-order chi connectivity index (χ1) is 20.3. The lowest BCUT2D eigenvalue weighted by atomic mass is 9.90. The Bertz CT molecular complexity index is 1720. The number of carboxylic acid groups (broad SMARTS) is 1. The maximum Gasteiger partial charge on any atom is 0.336 e. The van der Waals surface area contributed by atoms with Crippen LogP contribution in [0.1, 0.15) is 50.8 Å². The van der Waals surface area contributed by atoms with Crippen LogP contribution in [0.2, 0.25) is 0 Å². The summed E-state index contributed by atoms with van der Waals surface area (Å²) in [6, 6.07) is 16.0. The van der Waals surface area contributed by atoms with Crippen molar-refractivity contribution in [3.05, 3.63) is 88.6 Å². The van der Waals surface area contributed by atoms with Crippen LogP contribution in [0.15, 0.2) is 65.8 Å². The quantitative estimate of drug-likeness (QED) is 0.144. The molecule has 4 aromatic rings. The van der Waals surface area contributed by atoms with Crippen molar-refractivity contribution in [2.45, 2.75) is 26.3 Å². The summed E-state index contributed by atoms with van der Waals surface area (Å²) in [5, 5.41) is 25.1. The number of ether oxygens (including phenoxy) is 1. The Morgan fingerprint density at radius 2 is 1.90 bits per heavy atom. The van der Waals surface area contributed by atoms with Gasteiger partial charge in [-0.1, -0.05) is 18.2 Å². The molecule has 0 unspecified atom stereocenters. The van der Waals surface area contributed by atoms with Crippen molar-refractivity contribution < 1.29 is 19.4 Å². The summed E-state index contributed by atoms with van der Waals surface area (Å²) in [6.45, 7) is 4.63. The minimum atomic E-state index is -1.09. The Kier molecular flexibility index (Phi) is 8.24. The summed E-state index contributed by atoms with van der Waals surface area (Å²) in [4.78, 5) is 30.0. The lowest BCUT2D eigenvalue weighted by molar-refractivity contribution is 0.0697. The van der Waals surface area contributed by atoms with Crippen molar-refractivity contribution in [1.29, 1.82) is 5.41 Å². The number of aryl methyl sites for hydroxylation is 1. The maximum absolute atomic E-state index is 13.2. The Labute approximate surface area is 243 Å². The normalized spacial score (nSPS) is 12.9. The van der Waals surface area contributed by atoms with Gasteiger partial charge in [0.1, 0.15) is 17.4 Å². The number of fused-ring (bicyclic) bond motifs is 1. The van der Waals surface area contributed by atoms with E-state index in [1.165, 1.54) is 13.2 Å². The number of amides is 1. The van der Waals surface area contributed by atoms with Gasteiger partial charge in [0.25, 0.3) is 5.91 Å². The molecular formula is C32H34N6O4. The van der Waals surface area contributed by atoms with Crippen molar-refractivity contribution in [1.82, 2.24) is 15.2 Å². The third-order valence-electron chi connectivity index (χ3n) is 7.50. The number of nitrogens with one attached hydrogen (secondary N) is 3. The summed E-state index contributed by atoms with van der Waals surface area (Å²) in [6.07, 6.45) is 3.53. The molecule has 1 aliphatic rings. The van der Waals surface area contributed by atoms with Gasteiger partial charge in [-0.25, -0.2) is 4.79 Å². The number of nitrogen functional groups attached to an aromatic ring is 1. The average molecular weight is 567 g/mol. The van der Waals surface area contributed by atoms with Gasteiger partial charge in [0.2, 0.25) is 0 Å². The summed E-state index contributed by atoms with van der Waals surface area (Å²) in [5.41, 5.74) is 10.9. The zero-order chi connectivity index (χ0) is 29.8.